The third-order valence-electron chi connectivity index (χ3n) is 8.20. The average molecular weight is 522 g/mol. The molecule has 3 aromatic heterocycles. The standard InChI is InChI=1S/C32H39N7/c1-32(2,3)29-13-9-17-37(29)16-8-7-12-26-19-27(30-31(33)34-22-35-39(26)30)24-14-15-25-21-38(36-28(25)18-24)20-23-10-5-4-6-11-23/h4-6,10-11,14-15,18-19,21-22,29H,7-9,12-13,16-17,20H2,1-3H3,(H2,33,34,35). The largest absolute Gasteiger partial charge is 0.382 e. The van der Waals surface area contributed by atoms with E-state index >= 15 is 0 Å². The van der Waals surface area contributed by atoms with Gasteiger partial charge in [-0.2, -0.15) is 10.2 Å². The van der Waals surface area contributed by atoms with Crippen LogP contribution in [0.4, 0.5) is 5.82 Å². The second-order valence-electron chi connectivity index (χ2n) is 12.1. The van der Waals surface area contributed by atoms with Crippen molar-refractivity contribution in [2.24, 2.45) is 5.41 Å². The molecule has 0 saturated carbocycles. The number of fused-ring (bicyclic) bond motifs is 2. The first kappa shape index (κ1) is 25.6. The molecule has 0 spiro atoms. The van der Waals surface area contributed by atoms with Crippen LogP contribution in [0.3, 0.4) is 0 Å². The van der Waals surface area contributed by atoms with Crippen LogP contribution in [0.1, 0.15) is 57.7 Å². The maximum atomic E-state index is 6.41. The number of likely N-dealkylation sites (tertiary alicyclic amines) is 1. The third-order valence-corrected chi connectivity index (χ3v) is 8.20. The average Bonchev–Trinajstić information content (AvgIpc) is 3.64. The molecule has 202 valence electrons. The third kappa shape index (κ3) is 5.28. The van der Waals surface area contributed by atoms with Gasteiger partial charge in [0.25, 0.3) is 0 Å². The summed E-state index contributed by atoms with van der Waals surface area (Å²) in [6.07, 6.45) is 9.56. The number of rotatable bonds is 8. The summed E-state index contributed by atoms with van der Waals surface area (Å²) in [6, 6.07) is 19.8. The smallest absolute Gasteiger partial charge is 0.151 e. The Labute approximate surface area is 230 Å². The number of benzene rings is 2. The van der Waals surface area contributed by atoms with Crippen molar-refractivity contribution in [1.29, 1.82) is 0 Å². The highest BCUT2D eigenvalue weighted by atomic mass is 15.3. The van der Waals surface area contributed by atoms with Gasteiger partial charge in [-0.1, -0.05) is 63.2 Å². The molecule has 6 rings (SSSR count). The molecule has 2 aromatic carbocycles. The molecule has 0 radical (unpaired) electrons. The maximum absolute atomic E-state index is 6.41. The molecule has 1 aliphatic heterocycles. The number of nitrogens with zero attached hydrogens (tertiary/aromatic N) is 6. The van der Waals surface area contributed by atoms with E-state index in [0.717, 1.165) is 53.5 Å². The Morgan fingerprint density at radius 2 is 1.87 bits per heavy atom. The van der Waals surface area contributed by atoms with Gasteiger partial charge in [0.1, 0.15) is 11.8 Å². The van der Waals surface area contributed by atoms with Crippen LogP contribution in [0, 0.1) is 5.41 Å². The molecule has 0 bridgehead atoms. The van der Waals surface area contributed by atoms with Gasteiger partial charge in [0.05, 0.1) is 12.1 Å². The van der Waals surface area contributed by atoms with Crippen molar-refractivity contribution in [2.75, 3.05) is 18.8 Å². The van der Waals surface area contributed by atoms with Gasteiger partial charge in [-0.05, 0) is 73.9 Å². The quantitative estimate of drug-likeness (QED) is 0.246. The zero-order valence-corrected chi connectivity index (χ0v) is 23.3. The Bertz CT molecular complexity index is 1580. The first-order valence-corrected chi connectivity index (χ1v) is 14.2. The topological polar surface area (TPSA) is 77.3 Å². The van der Waals surface area contributed by atoms with Crippen LogP contribution in [0.2, 0.25) is 0 Å². The maximum Gasteiger partial charge on any atom is 0.151 e. The number of aryl methyl sites for hydroxylation is 1. The van der Waals surface area contributed by atoms with Crippen molar-refractivity contribution in [3.63, 3.8) is 0 Å². The molecule has 1 aliphatic rings. The highest BCUT2D eigenvalue weighted by Gasteiger charge is 2.33. The zero-order chi connectivity index (χ0) is 27.0. The number of hydrogen-bond donors (Lipinski definition) is 1. The highest BCUT2D eigenvalue weighted by molar-refractivity contribution is 5.92. The van der Waals surface area contributed by atoms with Crippen molar-refractivity contribution < 1.29 is 0 Å². The van der Waals surface area contributed by atoms with E-state index in [1.807, 2.05) is 15.3 Å². The second-order valence-corrected chi connectivity index (χ2v) is 12.1. The lowest BCUT2D eigenvalue weighted by molar-refractivity contribution is 0.139. The number of nitrogens with two attached hydrogens (primary N) is 1. The lowest BCUT2D eigenvalue weighted by Crippen LogP contribution is -2.39. The molecule has 7 heteroatoms. The molecule has 39 heavy (non-hydrogen) atoms. The molecule has 1 saturated heterocycles. The Balaban J connectivity index is 1.22. The molecule has 0 aliphatic carbocycles. The van der Waals surface area contributed by atoms with Gasteiger partial charge < -0.3 is 5.73 Å². The van der Waals surface area contributed by atoms with E-state index in [0.29, 0.717) is 17.3 Å². The number of unbranched alkanes of at least 4 members (excludes halogenated alkanes) is 1. The van der Waals surface area contributed by atoms with E-state index < -0.39 is 0 Å². The summed E-state index contributed by atoms with van der Waals surface area (Å²) in [4.78, 5) is 7.02. The summed E-state index contributed by atoms with van der Waals surface area (Å²) in [7, 11) is 0. The Morgan fingerprint density at radius 1 is 1.03 bits per heavy atom. The summed E-state index contributed by atoms with van der Waals surface area (Å²) >= 11 is 0. The van der Waals surface area contributed by atoms with Crippen LogP contribution in [-0.4, -0.2) is 48.4 Å². The highest BCUT2D eigenvalue weighted by Crippen LogP contribution is 2.34. The van der Waals surface area contributed by atoms with Crippen LogP contribution in [0.5, 0.6) is 0 Å². The Morgan fingerprint density at radius 3 is 2.69 bits per heavy atom. The van der Waals surface area contributed by atoms with Gasteiger partial charge in [-0.25, -0.2) is 9.50 Å². The number of hydrogen-bond acceptors (Lipinski definition) is 5. The second kappa shape index (κ2) is 10.5. The first-order valence-electron chi connectivity index (χ1n) is 14.2. The van der Waals surface area contributed by atoms with E-state index in [4.69, 9.17) is 10.8 Å². The predicted octanol–water partition coefficient (Wildman–Crippen LogP) is 6.21. The van der Waals surface area contributed by atoms with Crippen LogP contribution in [-0.2, 0) is 13.0 Å². The van der Waals surface area contributed by atoms with Gasteiger partial charge in [0.2, 0.25) is 0 Å². The van der Waals surface area contributed by atoms with Crippen LogP contribution >= 0.6 is 0 Å². The predicted molar refractivity (Wildman–Crippen MR) is 159 cm³/mol. The summed E-state index contributed by atoms with van der Waals surface area (Å²) in [6.45, 7) is 10.3. The van der Waals surface area contributed by atoms with E-state index in [-0.39, 0.29) is 0 Å². The zero-order valence-electron chi connectivity index (χ0n) is 23.3. The summed E-state index contributed by atoms with van der Waals surface area (Å²) in [5, 5.41) is 10.6. The molecule has 0 amide bonds. The fourth-order valence-electron chi connectivity index (χ4n) is 6.31. The van der Waals surface area contributed by atoms with Crippen LogP contribution in [0.15, 0.2) is 67.1 Å². The Hall–Kier alpha value is -3.71. The summed E-state index contributed by atoms with van der Waals surface area (Å²) in [5.41, 5.74) is 13.2. The van der Waals surface area contributed by atoms with E-state index in [9.17, 15) is 0 Å². The fraction of sp³-hybridized carbons (Fsp3) is 0.406. The van der Waals surface area contributed by atoms with Crippen molar-refractivity contribution >= 4 is 22.2 Å². The minimum atomic E-state index is 0.343. The number of nitrogen functional groups attached to an aromatic ring is 1. The van der Waals surface area contributed by atoms with Gasteiger partial charge in [-0.15, -0.1) is 0 Å². The minimum absolute atomic E-state index is 0.343. The number of aromatic nitrogens is 5. The van der Waals surface area contributed by atoms with Crippen LogP contribution < -0.4 is 5.73 Å². The van der Waals surface area contributed by atoms with Crippen molar-refractivity contribution in [1.82, 2.24) is 29.3 Å². The van der Waals surface area contributed by atoms with Gasteiger partial charge in [0.15, 0.2) is 5.82 Å². The molecule has 7 nitrogen and oxygen atoms in total. The van der Waals surface area contributed by atoms with Gasteiger partial charge in [0, 0.05) is 28.9 Å². The minimum Gasteiger partial charge on any atom is -0.382 e. The molecule has 1 atom stereocenters. The fourth-order valence-corrected chi connectivity index (χ4v) is 6.31. The molecule has 1 fully saturated rings. The molecule has 1 unspecified atom stereocenters. The lowest BCUT2D eigenvalue weighted by Gasteiger charge is -2.35. The van der Waals surface area contributed by atoms with E-state index in [1.54, 1.807) is 6.33 Å². The molecule has 4 heterocycles. The van der Waals surface area contributed by atoms with E-state index in [2.05, 4.69) is 90.5 Å². The lowest BCUT2D eigenvalue weighted by atomic mass is 9.85. The molecular weight excluding hydrogens is 482 g/mol. The van der Waals surface area contributed by atoms with Crippen molar-refractivity contribution in [3.8, 4) is 11.1 Å². The van der Waals surface area contributed by atoms with Crippen molar-refractivity contribution in [2.45, 2.75) is 65.5 Å². The van der Waals surface area contributed by atoms with Crippen molar-refractivity contribution in [3.05, 3.63) is 78.4 Å². The van der Waals surface area contributed by atoms with Crippen LogP contribution in [0.25, 0.3) is 27.5 Å². The Kier molecular flexibility index (Phi) is 6.85. The van der Waals surface area contributed by atoms with E-state index in [1.165, 1.54) is 37.1 Å². The first-order chi connectivity index (χ1) is 18.9. The summed E-state index contributed by atoms with van der Waals surface area (Å²) in [5.74, 6) is 0.506. The van der Waals surface area contributed by atoms with Gasteiger partial charge >= 0.3 is 0 Å². The number of anilines is 1. The van der Waals surface area contributed by atoms with Gasteiger partial charge in [-0.3, -0.25) is 9.58 Å². The SMILES string of the molecule is CC(C)(C)C1CCCN1CCCCc1cc(-c2ccc3cn(Cc4ccccc4)nc3c2)c2c(N)ncnn12. The molecular formula is C32H39N7. The normalized spacial score (nSPS) is 16.5. The summed E-state index contributed by atoms with van der Waals surface area (Å²) < 4.78 is 4.00. The molecule has 2 N–H and O–H groups in total. The molecule has 5 aromatic rings. The monoisotopic (exact) mass is 521 g/mol.